The lowest BCUT2D eigenvalue weighted by Crippen LogP contribution is -2.05. The summed E-state index contributed by atoms with van der Waals surface area (Å²) in [5.41, 5.74) is 0.939. The third-order valence-electron chi connectivity index (χ3n) is 3.74. The Morgan fingerprint density at radius 2 is 2.21 bits per heavy atom. The molecule has 0 bridgehead atoms. The van der Waals surface area contributed by atoms with Gasteiger partial charge in [-0.2, -0.15) is 0 Å². The molecule has 0 saturated carbocycles. The fourth-order valence-electron chi connectivity index (χ4n) is 2.55. The monoisotopic (exact) mass is 343 g/mol. The van der Waals surface area contributed by atoms with E-state index in [1.807, 2.05) is 18.4 Å². The van der Waals surface area contributed by atoms with Gasteiger partial charge in [0.15, 0.2) is 0 Å². The molecule has 0 amide bonds. The number of thiophene rings is 1. The number of rotatable bonds is 5. The van der Waals surface area contributed by atoms with Gasteiger partial charge >= 0.3 is 5.97 Å². The van der Waals surface area contributed by atoms with Crippen LogP contribution in [0.25, 0.3) is 27.1 Å². The fourth-order valence-corrected chi connectivity index (χ4v) is 3.34. The lowest BCUT2D eigenvalue weighted by Gasteiger charge is -2.07. The summed E-state index contributed by atoms with van der Waals surface area (Å²) in [5, 5.41) is 13.5. The highest BCUT2D eigenvalue weighted by atomic mass is 32.1. The van der Waals surface area contributed by atoms with Gasteiger partial charge in [0.25, 0.3) is 5.56 Å². The van der Waals surface area contributed by atoms with Crippen LogP contribution in [0.2, 0.25) is 0 Å². The maximum atomic E-state index is 12.1. The van der Waals surface area contributed by atoms with Crippen LogP contribution < -0.4 is 5.56 Å². The summed E-state index contributed by atoms with van der Waals surface area (Å²) in [6.07, 6.45) is 4.59. The smallest absolute Gasteiger partial charge is 0.330 e. The molecular weight excluding hydrogens is 326 g/mol. The molecule has 1 aromatic carbocycles. The summed E-state index contributed by atoms with van der Waals surface area (Å²) in [6, 6.07) is 4.99. The van der Waals surface area contributed by atoms with Crippen LogP contribution in [0.5, 0.6) is 5.75 Å². The molecule has 0 radical (unpaired) electrons. The van der Waals surface area contributed by atoms with Gasteiger partial charge in [0.1, 0.15) is 10.4 Å². The van der Waals surface area contributed by atoms with Crippen molar-refractivity contribution in [2.75, 3.05) is 6.61 Å². The van der Waals surface area contributed by atoms with Gasteiger partial charge in [0.2, 0.25) is 0 Å². The number of H-pyrrole nitrogens is 1. The molecule has 124 valence electrons. The maximum Gasteiger partial charge on any atom is 0.330 e. The van der Waals surface area contributed by atoms with Crippen molar-refractivity contribution in [3.8, 4) is 5.75 Å². The molecule has 0 unspecified atom stereocenters. The number of phenols is 1. The molecular formula is C18H17NO4S. The zero-order chi connectivity index (χ0) is 17.1. The first-order valence-electron chi connectivity index (χ1n) is 7.71. The van der Waals surface area contributed by atoms with Crippen molar-refractivity contribution in [1.29, 1.82) is 0 Å². The largest absolute Gasteiger partial charge is 0.507 e. The Morgan fingerprint density at radius 3 is 3.00 bits per heavy atom. The van der Waals surface area contributed by atoms with Gasteiger partial charge < -0.3 is 14.8 Å². The van der Waals surface area contributed by atoms with E-state index in [4.69, 9.17) is 4.74 Å². The van der Waals surface area contributed by atoms with E-state index >= 15 is 0 Å². The molecule has 3 rings (SSSR count). The highest BCUT2D eigenvalue weighted by Crippen LogP contribution is 2.33. The van der Waals surface area contributed by atoms with Crippen molar-refractivity contribution < 1.29 is 14.6 Å². The summed E-state index contributed by atoms with van der Waals surface area (Å²) in [4.78, 5) is 26.6. The Kier molecular flexibility index (Phi) is 4.66. The predicted molar refractivity (Wildman–Crippen MR) is 96.5 cm³/mol. The van der Waals surface area contributed by atoms with E-state index < -0.39 is 5.97 Å². The molecule has 0 aliphatic carbocycles. The van der Waals surface area contributed by atoms with Crippen molar-refractivity contribution in [2.45, 2.75) is 19.8 Å². The molecule has 2 N–H and O–H groups in total. The third kappa shape index (κ3) is 3.05. The van der Waals surface area contributed by atoms with Crippen LogP contribution in [0.1, 0.15) is 25.3 Å². The first-order valence-corrected chi connectivity index (χ1v) is 8.59. The SMILES string of the molecule is CCCCOC(=O)/C=C/c1c(O)ccc2[nH]c(=O)c3sccc3c12. The predicted octanol–water partition coefficient (Wildman–Crippen LogP) is 3.80. The number of hydrogen-bond donors (Lipinski definition) is 2. The normalized spacial score (nSPS) is 11.5. The van der Waals surface area contributed by atoms with Crippen molar-refractivity contribution in [3.05, 3.63) is 45.6 Å². The zero-order valence-corrected chi connectivity index (χ0v) is 14.0. The number of benzene rings is 1. The number of aromatic nitrogens is 1. The Labute approximate surface area is 142 Å². The molecule has 2 heterocycles. The molecule has 3 aromatic rings. The number of carbonyl (C=O) groups is 1. The molecule has 0 aliphatic heterocycles. The standard InChI is InChI=1S/C18H17NO4S/c1-2-3-9-23-15(21)7-4-11-14(20)6-5-13-16(11)12-8-10-24-17(12)18(22)19-13/h4-8,10,20H,2-3,9H2,1H3,(H,19,22)/b7-4+. The number of esters is 1. The molecule has 0 fully saturated rings. The summed E-state index contributed by atoms with van der Waals surface area (Å²) < 4.78 is 5.68. The number of phenolic OH excluding ortho intramolecular Hbond substituents is 1. The molecule has 0 aliphatic rings. The van der Waals surface area contributed by atoms with Crippen molar-refractivity contribution >= 4 is 44.4 Å². The average Bonchev–Trinajstić information content (AvgIpc) is 3.05. The van der Waals surface area contributed by atoms with Gasteiger partial charge in [-0.15, -0.1) is 11.3 Å². The van der Waals surface area contributed by atoms with Gasteiger partial charge in [-0.25, -0.2) is 4.79 Å². The minimum atomic E-state index is -0.453. The number of aromatic hydroxyl groups is 1. The Bertz CT molecular complexity index is 984. The molecule has 6 heteroatoms. The van der Waals surface area contributed by atoms with Crippen molar-refractivity contribution in [1.82, 2.24) is 4.98 Å². The van der Waals surface area contributed by atoms with Crippen LogP contribution in [-0.4, -0.2) is 22.7 Å². The number of ether oxygens (including phenoxy) is 1. The average molecular weight is 343 g/mol. The van der Waals surface area contributed by atoms with Crippen LogP contribution in [0, 0.1) is 0 Å². The molecule has 24 heavy (non-hydrogen) atoms. The second-order valence-corrected chi connectivity index (χ2v) is 6.31. The van der Waals surface area contributed by atoms with Crippen LogP contribution >= 0.6 is 11.3 Å². The number of aromatic amines is 1. The second-order valence-electron chi connectivity index (χ2n) is 5.39. The van der Waals surface area contributed by atoms with Crippen molar-refractivity contribution in [3.63, 3.8) is 0 Å². The Morgan fingerprint density at radius 1 is 1.38 bits per heavy atom. The number of fused-ring (bicyclic) bond motifs is 3. The van der Waals surface area contributed by atoms with Crippen LogP contribution in [0.4, 0.5) is 0 Å². The lowest BCUT2D eigenvalue weighted by atomic mass is 10.0. The molecule has 0 saturated heterocycles. The Balaban J connectivity index is 2.07. The zero-order valence-electron chi connectivity index (χ0n) is 13.2. The van der Waals surface area contributed by atoms with E-state index in [9.17, 15) is 14.7 Å². The lowest BCUT2D eigenvalue weighted by molar-refractivity contribution is -0.137. The molecule has 5 nitrogen and oxygen atoms in total. The number of nitrogens with one attached hydrogen (secondary N) is 1. The van der Waals surface area contributed by atoms with E-state index in [1.165, 1.54) is 29.6 Å². The molecule has 2 aromatic heterocycles. The van der Waals surface area contributed by atoms with Crippen LogP contribution in [0.3, 0.4) is 0 Å². The summed E-state index contributed by atoms with van der Waals surface area (Å²) in [5.74, 6) is -0.412. The minimum absolute atomic E-state index is 0.0413. The molecule has 0 atom stereocenters. The van der Waals surface area contributed by atoms with E-state index in [0.717, 1.165) is 18.2 Å². The van der Waals surface area contributed by atoms with Crippen LogP contribution in [-0.2, 0) is 9.53 Å². The van der Waals surface area contributed by atoms with Gasteiger partial charge in [0.05, 0.1) is 6.61 Å². The van der Waals surface area contributed by atoms with Gasteiger partial charge in [-0.3, -0.25) is 4.79 Å². The van der Waals surface area contributed by atoms with E-state index in [-0.39, 0.29) is 11.3 Å². The number of hydrogen-bond acceptors (Lipinski definition) is 5. The van der Waals surface area contributed by atoms with Crippen LogP contribution in [0.15, 0.2) is 34.4 Å². The first kappa shape index (κ1) is 16.3. The quantitative estimate of drug-likeness (QED) is 0.419. The minimum Gasteiger partial charge on any atom is -0.507 e. The summed E-state index contributed by atoms with van der Waals surface area (Å²) >= 11 is 1.34. The molecule has 0 spiro atoms. The number of pyridine rings is 1. The topological polar surface area (TPSA) is 79.4 Å². The van der Waals surface area contributed by atoms with Gasteiger partial charge in [-0.1, -0.05) is 13.3 Å². The van der Waals surface area contributed by atoms with E-state index in [0.29, 0.717) is 27.8 Å². The maximum absolute atomic E-state index is 12.1. The second kappa shape index (κ2) is 6.88. The number of unbranched alkanes of at least 4 members (excludes halogenated alkanes) is 1. The highest BCUT2D eigenvalue weighted by molar-refractivity contribution is 7.17. The van der Waals surface area contributed by atoms with E-state index in [1.54, 1.807) is 6.07 Å². The van der Waals surface area contributed by atoms with Gasteiger partial charge in [0, 0.05) is 27.9 Å². The fraction of sp³-hybridized carbons (Fsp3) is 0.222. The summed E-state index contributed by atoms with van der Waals surface area (Å²) in [6.45, 7) is 2.40. The summed E-state index contributed by atoms with van der Waals surface area (Å²) in [7, 11) is 0. The third-order valence-corrected chi connectivity index (χ3v) is 4.65. The first-order chi connectivity index (χ1) is 11.6. The highest BCUT2D eigenvalue weighted by Gasteiger charge is 2.12. The van der Waals surface area contributed by atoms with Gasteiger partial charge in [-0.05, 0) is 36.1 Å². The number of carbonyl (C=O) groups excluding carboxylic acids is 1. The Hall–Kier alpha value is -2.60. The van der Waals surface area contributed by atoms with Crippen molar-refractivity contribution in [2.24, 2.45) is 0 Å². The van der Waals surface area contributed by atoms with E-state index in [2.05, 4.69) is 4.98 Å².